The van der Waals surface area contributed by atoms with Gasteiger partial charge in [-0.15, -0.1) is 0 Å². The summed E-state index contributed by atoms with van der Waals surface area (Å²) in [7, 11) is 0. The lowest BCUT2D eigenvalue weighted by Crippen LogP contribution is -2.13. The number of aliphatic hydroxyl groups is 1. The van der Waals surface area contributed by atoms with Crippen molar-refractivity contribution in [3.8, 4) is 6.19 Å². The van der Waals surface area contributed by atoms with Crippen molar-refractivity contribution in [2.24, 2.45) is 0 Å². The van der Waals surface area contributed by atoms with E-state index in [2.05, 4.69) is 4.72 Å². The predicted octanol–water partition coefficient (Wildman–Crippen LogP) is 1.58. The average Bonchev–Trinajstić information content (AvgIpc) is 2.47. The van der Waals surface area contributed by atoms with Crippen LogP contribution in [0, 0.1) is 11.5 Å². The third kappa shape index (κ3) is 2.68. The Hall–Kier alpha value is -1.12. The van der Waals surface area contributed by atoms with Gasteiger partial charge in [0.1, 0.15) is 0 Å². The van der Waals surface area contributed by atoms with Gasteiger partial charge >= 0.3 is 0 Å². The van der Waals surface area contributed by atoms with Crippen molar-refractivity contribution in [1.82, 2.24) is 4.72 Å². The van der Waals surface area contributed by atoms with Crippen molar-refractivity contribution in [1.29, 1.82) is 5.26 Å². The van der Waals surface area contributed by atoms with Gasteiger partial charge in [-0.05, 0) is 19.9 Å². The molecule has 1 aromatic rings. The van der Waals surface area contributed by atoms with Gasteiger partial charge in [0.05, 0.1) is 11.9 Å². The fraction of sp³-hybridized carbons (Fsp3) is 0.375. The summed E-state index contributed by atoms with van der Waals surface area (Å²) in [5.41, 5.74) is -0.218. The molecule has 5 heteroatoms. The van der Waals surface area contributed by atoms with E-state index in [9.17, 15) is 5.11 Å². The fourth-order valence-electron chi connectivity index (χ4n) is 0.764. The highest BCUT2D eigenvalue weighted by molar-refractivity contribution is 7.97. The maximum atomic E-state index is 9.57. The predicted molar refractivity (Wildman–Crippen MR) is 48.6 cm³/mol. The van der Waals surface area contributed by atoms with Crippen LogP contribution in [0.25, 0.3) is 0 Å². The van der Waals surface area contributed by atoms with E-state index in [-0.39, 0.29) is 0 Å². The number of nitrogens with one attached hydrogen (secondary N) is 1. The van der Waals surface area contributed by atoms with Gasteiger partial charge in [-0.1, -0.05) is 0 Å². The molecule has 1 rings (SSSR count). The second-order valence-electron chi connectivity index (χ2n) is 3.03. The number of furan rings is 1. The number of nitrogens with zero attached hydrogens (tertiary/aromatic N) is 1. The van der Waals surface area contributed by atoms with E-state index < -0.39 is 5.60 Å². The molecule has 0 aromatic carbocycles. The summed E-state index contributed by atoms with van der Waals surface area (Å²) in [6.45, 7) is 3.34. The van der Waals surface area contributed by atoms with Crippen molar-refractivity contribution in [3.63, 3.8) is 0 Å². The zero-order valence-corrected chi connectivity index (χ0v) is 8.18. The molecular formula is C8H10N2O2S. The molecule has 4 nitrogen and oxygen atoms in total. The fourth-order valence-corrected chi connectivity index (χ4v) is 1.19. The minimum absolute atomic E-state index is 0.554. The SMILES string of the molecule is CC(C)(O)c1coc(SNC#N)c1. The summed E-state index contributed by atoms with van der Waals surface area (Å²) >= 11 is 1.07. The summed E-state index contributed by atoms with van der Waals surface area (Å²) < 4.78 is 7.46. The summed E-state index contributed by atoms with van der Waals surface area (Å²) in [5.74, 6) is 0. The molecule has 0 saturated carbocycles. The Kier molecular flexibility index (Phi) is 2.86. The summed E-state index contributed by atoms with van der Waals surface area (Å²) in [4.78, 5) is 0. The summed E-state index contributed by atoms with van der Waals surface area (Å²) in [6, 6.07) is 1.69. The van der Waals surface area contributed by atoms with E-state index in [1.54, 1.807) is 26.1 Å². The lowest BCUT2D eigenvalue weighted by molar-refractivity contribution is 0.0779. The Morgan fingerprint density at radius 2 is 2.38 bits per heavy atom. The van der Waals surface area contributed by atoms with Gasteiger partial charge in [-0.25, -0.2) is 0 Å². The number of rotatable bonds is 3. The zero-order chi connectivity index (χ0) is 9.90. The normalized spacial score (nSPS) is 10.9. The van der Waals surface area contributed by atoms with Crippen LogP contribution in [-0.4, -0.2) is 5.11 Å². The lowest BCUT2D eigenvalue weighted by atomic mass is 10.0. The van der Waals surface area contributed by atoms with Gasteiger partial charge < -0.3 is 9.52 Å². The molecule has 0 aliphatic carbocycles. The molecule has 2 N–H and O–H groups in total. The van der Waals surface area contributed by atoms with E-state index in [4.69, 9.17) is 9.68 Å². The first-order chi connectivity index (χ1) is 6.04. The average molecular weight is 198 g/mol. The number of nitriles is 1. The Morgan fingerprint density at radius 1 is 1.69 bits per heavy atom. The summed E-state index contributed by atoms with van der Waals surface area (Å²) in [5, 5.41) is 18.3. The maximum Gasteiger partial charge on any atom is 0.187 e. The first-order valence-corrected chi connectivity index (χ1v) is 4.48. The third-order valence-corrected chi connectivity index (χ3v) is 2.09. The van der Waals surface area contributed by atoms with Gasteiger partial charge in [0.15, 0.2) is 11.3 Å². The third-order valence-electron chi connectivity index (χ3n) is 1.48. The zero-order valence-electron chi connectivity index (χ0n) is 7.37. The highest BCUT2D eigenvalue weighted by Gasteiger charge is 2.18. The molecule has 1 heterocycles. The van der Waals surface area contributed by atoms with Crippen LogP contribution in [0.3, 0.4) is 0 Å². The molecule has 0 aliphatic heterocycles. The quantitative estimate of drug-likeness (QED) is 0.438. The van der Waals surface area contributed by atoms with Crippen LogP contribution in [0.15, 0.2) is 21.8 Å². The van der Waals surface area contributed by atoms with Crippen molar-refractivity contribution in [2.75, 3.05) is 0 Å². The molecule has 0 bridgehead atoms. The standard InChI is InChI=1S/C8H10N2O2S/c1-8(2,11)6-3-7(12-4-6)13-10-5-9/h3-4,10-11H,1-2H3. The van der Waals surface area contributed by atoms with Crippen LogP contribution in [0.5, 0.6) is 0 Å². The first-order valence-electron chi connectivity index (χ1n) is 3.66. The second-order valence-corrected chi connectivity index (χ2v) is 3.84. The van der Waals surface area contributed by atoms with Crippen LogP contribution in [-0.2, 0) is 5.60 Å². The highest BCUT2D eigenvalue weighted by Crippen LogP contribution is 2.25. The molecule has 0 aliphatic rings. The van der Waals surface area contributed by atoms with Crippen molar-refractivity contribution in [3.05, 3.63) is 17.9 Å². The highest BCUT2D eigenvalue weighted by atomic mass is 32.2. The van der Waals surface area contributed by atoms with Crippen LogP contribution in [0.1, 0.15) is 19.4 Å². The number of hydrogen-bond donors (Lipinski definition) is 2. The molecular weight excluding hydrogens is 188 g/mol. The van der Waals surface area contributed by atoms with Gasteiger partial charge in [0.25, 0.3) is 0 Å². The van der Waals surface area contributed by atoms with Gasteiger partial charge in [0, 0.05) is 17.5 Å². The van der Waals surface area contributed by atoms with Crippen molar-refractivity contribution in [2.45, 2.75) is 24.5 Å². The smallest absolute Gasteiger partial charge is 0.187 e. The van der Waals surface area contributed by atoms with Gasteiger partial charge in [-0.3, -0.25) is 4.72 Å². The molecule has 70 valence electrons. The molecule has 13 heavy (non-hydrogen) atoms. The van der Waals surface area contributed by atoms with Crippen LogP contribution < -0.4 is 4.72 Å². The Bertz CT molecular complexity index is 322. The second kappa shape index (κ2) is 3.73. The Balaban J connectivity index is 2.71. The molecule has 0 fully saturated rings. The minimum Gasteiger partial charge on any atom is -0.456 e. The molecule has 0 unspecified atom stereocenters. The summed E-state index contributed by atoms with van der Waals surface area (Å²) in [6.07, 6.45) is 3.23. The minimum atomic E-state index is -0.908. The van der Waals surface area contributed by atoms with Crippen LogP contribution >= 0.6 is 11.9 Å². The molecule has 0 radical (unpaired) electrons. The van der Waals surface area contributed by atoms with E-state index >= 15 is 0 Å². The molecule has 0 atom stereocenters. The maximum absolute atomic E-state index is 9.57. The molecule has 0 amide bonds. The number of hydrogen-bond acceptors (Lipinski definition) is 5. The van der Waals surface area contributed by atoms with E-state index in [0.29, 0.717) is 10.7 Å². The van der Waals surface area contributed by atoms with Gasteiger partial charge in [-0.2, -0.15) is 5.26 Å². The largest absolute Gasteiger partial charge is 0.456 e. The monoisotopic (exact) mass is 198 g/mol. The van der Waals surface area contributed by atoms with E-state index in [1.165, 1.54) is 6.26 Å². The molecule has 1 aromatic heterocycles. The lowest BCUT2D eigenvalue weighted by Gasteiger charge is -2.13. The van der Waals surface area contributed by atoms with E-state index in [0.717, 1.165) is 11.9 Å². The van der Waals surface area contributed by atoms with E-state index in [1.807, 2.05) is 0 Å². The Labute approximate surface area is 80.7 Å². The molecule has 0 spiro atoms. The van der Waals surface area contributed by atoms with Crippen LogP contribution in [0.4, 0.5) is 0 Å². The van der Waals surface area contributed by atoms with Crippen molar-refractivity contribution < 1.29 is 9.52 Å². The molecule has 0 saturated heterocycles. The van der Waals surface area contributed by atoms with Gasteiger partial charge in [0.2, 0.25) is 0 Å². The van der Waals surface area contributed by atoms with Crippen molar-refractivity contribution >= 4 is 11.9 Å². The first kappa shape index (κ1) is 9.96. The Morgan fingerprint density at radius 3 is 2.85 bits per heavy atom. The topological polar surface area (TPSA) is 69.2 Å². The van der Waals surface area contributed by atoms with Crippen LogP contribution in [0.2, 0.25) is 0 Å².